The maximum atomic E-state index is 13.7. The van der Waals surface area contributed by atoms with Gasteiger partial charge in [0.15, 0.2) is 5.82 Å². The van der Waals surface area contributed by atoms with Crippen LogP contribution in [0.2, 0.25) is 0 Å². The lowest BCUT2D eigenvalue weighted by molar-refractivity contribution is 0.243. The number of aromatic nitrogens is 3. The summed E-state index contributed by atoms with van der Waals surface area (Å²) < 4.78 is 19.4. The normalized spacial score (nSPS) is 14.5. The highest BCUT2D eigenvalue weighted by Gasteiger charge is 2.15. The Morgan fingerprint density at radius 3 is 2.75 bits per heavy atom. The fraction of sp³-hybridized carbons (Fsp3) is 0.350. The van der Waals surface area contributed by atoms with Crippen molar-refractivity contribution < 1.29 is 9.13 Å². The number of halogens is 1. The van der Waals surface area contributed by atoms with Gasteiger partial charge in [0, 0.05) is 32.2 Å². The number of ether oxygens (including phenoxy) is 1. The van der Waals surface area contributed by atoms with Crippen LogP contribution in [0, 0.1) is 5.82 Å². The Hall–Kier alpha value is -3.00. The number of hydrogen-bond acceptors (Lipinski definition) is 7. The van der Waals surface area contributed by atoms with Crippen LogP contribution < -0.4 is 20.3 Å². The van der Waals surface area contributed by atoms with E-state index in [0.717, 1.165) is 37.5 Å². The van der Waals surface area contributed by atoms with Gasteiger partial charge in [-0.25, -0.2) is 19.3 Å². The predicted molar refractivity (Wildman–Crippen MR) is 108 cm³/mol. The van der Waals surface area contributed by atoms with Gasteiger partial charge in [0.25, 0.3) is 0 Å². The van der Waals surface area contributed by atoms with Gasteiger partial charge in [-0.1, -0.05) is 0 Å². The molecule has 146 valence electrons. The summed E-state index contributed by atoms with van der Waals surface area (Å²) in [4.78, 5) is 15.7. The van der Waals surface area contributed by atoms with Gasteiger partial charge in [0.1, 0.15) is 29.2 Å². The lowest BCUT2D eigenvalue weighted by atomic mass is 10.2. The molecular weight excluding hydrogens is 359 g/mol. The second kappa shape index (κ2) is 7.93. The smallest absolute Gasteiger partial charge is 0.160 e. The summed E-state index contributed by atoms with van der Waals surface area (Å²) in [5, 5.41) is 6.58. The summed E-state index contributed by atoms with van der Waals surface area (Å²) in [6.45, 7) is 7.47. The van der Waals surface area contributed by atoms with E-state index in [1.54, 1.807) is 6.07 Å². The summed E-state index contributed by atoms with van der Waals surface area (Å²) in [5.41, 5.74) is 2.03. The second-order valence-corrected chi connectivity index (χ2v) is 6.93. The Balaban J connectivity index is 1.71. The van der Waals surface area contributed by atoms with Gasteiger partial charge in [-0.3, -0.25) is 0 Å². The molecule has 3 heterocycles. The summed E-state index contributed by atoms with van der Waals surface area (Å²) in [6, 6.07) is 8.32. The van der Waals surface area contributed by atoms with Gasteiger partial charge in [-0.05, 0) is 38.1 Å². The van der Waals surface area contributed by atoms with E-state index in [4.69, 9.17) is 9.72 Å². The number of fused-ring (bicyclic) bond motifs is 1. The lowest BCUT2D eigenvalue weighted by Gasteiger charge is -2.28. The zero-order chi connectivity index (χ0) is 19.5. The lowest BCUT2D eigenvalue weighted by Crippen LogP contribution is -2.43. The Labute approximate surface area is 163 Å². The van der Waals surface area contributed by atoms with E-state index in [9.17, 15) is 4.39 Å². The van der Waals surface area contributed by atoms with Crippen molar-refractivity contribution in [2.45, 2.75) is 20.0 Å². The van der Waals surface area contributed by atoms with E-state index in [1.165, 1.54) is 18.5 Å². The van der Waals surface area contributed by atoms with Crippen LogP contribution in [0.15, 0.2) is 36.7 Å². The zero-order valence-corrected chi connectivity index (χ0v) is 15.9. The molecule has 1 fully saturated rings. The monoisotopic (exact) mass is 382 g/mol. The van der Waals surface area contributed by atoms with Crippen LogP contribution in [-0.4, -0.2) is 47.2 Å². The van der Waals surface area contributed by atoms with Crippen molar-refractivity contribution in [1.82, 2.24) is 20.3 Å². The van der Waals surface area contributed by atoms with E-state index in [0.29, 0.717) is 22.8 Å². The minimum Gasteiger partial charge on any atom is -0.489 e. The van der Waals surface area contributed by atoms with Crippen LogP contribution >= 0.6 is 0 Å². The van der Waals surface area contributed by atoms with Crippen LogP contribution in [-0.2, 0) is 0 Å². The largest absolute Gasteiger partial charge is 0.489 e. The highest BCUT2D eigenvalue weighted by Crippen LogP contribution is 2.31. The first-order valence-electron chi connectivity index (χ1n) is 9.41. The molecule has 28 heavy (non-hydrogen) atoms. The van der Waals surface area contributed by atoms with Gasteiger partial charge in [-0.2, -0.15) is 0 Å². The highest BCUT2D eigenvalue weighted by atomic mass is 19.1. The van der Waals surface area contributed by atoms with Crippen LogP contribution in [0.4, 0.5) is 21.7 Å². The first-order chi connectivity index (χ1) is 13.6. The molecule has 2 aromatic heterocycles. The van der Waals surface area contributed by atoms with Crippen LogP contribution in [0.1, 0.15) is 13.8 Å². The van der Waals surface area contributed by atoms with Crippen molar-refractivity contribution in [3.63, 3.8) is 0 Å². The number of rotatable bonds is 5. The Morgan fingerprint density at radius 1 is 1.14 bits per heavy atom. The average Bonchev–Trinajstić information content (AvgIpc) is 2.70. The molecule has 1 aromatic carbocycles. The first kappa shape index (κ1) is 18.4. The van der Waals surface area contributed by atoms with Gasteiger partial charge in [0.05, 0.1) is 17.3 Å². The Morgan fingerprint density at radius 2 is 1.96 bits per heavy atom. The van der Waals surface area contributed by atoms with E-state index in [-0.39, 0.29) is 11.9 Å². The molecule has 0 radical (unpaired) electrons. The third kappa shape index (κ3) is 3.96. The number of hydrogen-bond donors (Lipinski definition) is 2. The SMILES string of the molecule is CC(C)Oc1cc(F)ccc1Nc1ncnc2ccc(N3CCNCC3)nc12. The molecule has 2 N–H and O–H groups in total. The Kier molecular flexibility index (Phi) is 5.21. The molecule has 8 heteroatoms. The number of piperazine rings is 1. The number of pyridine rings is 1. The highest BCUT2D eigenvalue weighted by molar-refractivity contribution is 5.88. The van der Waals surface area contributed by atoms with Gasteiger partial charge >= 0.3 is 0 Å². The second-order valence-electron chi connectivity index (χ2n) is 6.93. The van der Waals surface area contributed by atoms with Gasteiger partial charge in [-0.15, -0.1) is 0 Å². The standard InChI is InChI=1S/C20H23FN6O/c1-13(2)28-17-11-14(21)3-4-15(17)25-20-19-16(23-12-24-20)5-6-18(26-19)27-9-7-22-8-10-27/h3-6,11-13,22H,7-10H2,1-2H3,(H,23,24,25). The maximum Gasteiger partial charge on any atom is 0.160 e. The molecule has 3 aromatic rings. The molecule has 1 aliphatic rings. The quantitative estimate of drug-likeness (QED) is 0.702. The van der Waals surface area contributed by atoms with Crippen molar-refractivity contribution in [3.8, 4) is 5.75 Å². The van der Waals surface area contributed by atoms with E-state index < -0.39 is 0 Å². The topological polar surface area (TPSA) is 75.2 Å². The summed E-state index contributed by atoms with van der Waals surface area (Å²) in [6.07, 6.45) is 1.41. The van der Waals surface area contributed by atoms with Crippen LogP contribution in [0.5, 0.6) is 5.75 Å². The molecule has 0 atom stereocenters. The minimum atomic E-state index is -0.354. The van der Waals surface area contributed by atoms with E-state index >= 15 is 0 Å². The predicted octanol–water partition coefficient (Wildman–Crippen LogP) is 3.10. The number of benzene rings is 1. The molecule has 1 aliphatic heterocycles. The third-order valence-electron chi connectivity index (χ3n) is 4.47. The summed E-state index contributed by atoms with van der Waals surface area (Å²) in [5.74, 6) is 1.53. The number of anilines is 3. The number of nitrogens with zero attached hydrogens (tertiary/aromatic N) is 4. The molecule has 0 amide bonds. The first-order valence-corrected chi connectivity index (χ1v) is 9.41. The van der Waals surface area contributed by atoms with Crippen molar-refractivity contribution in [1.29, 1.82) is 0 Å². The van der Waals surface area contributed by atoms with Gasteiger partial charge in [0.2, 0.25) is 0 Å². The molecule has 0 bridgehead atoms. The molecule has 0 saturated carbocycles. The summed E-state index contributed by atoms with van der Waals surface area (Å²) >= 11 is 0. The zero-order valence-electron chi connectivity index (χ0n) is 15.9. The molecule has 0 spiro atoms. The minimum absolute atomic E-state index is 0.0815. The van der Waals surface area contributed by atoms with Crippen molar-refractivity contribution >= 4 is 28.4 Å². The van der Waals surface area contributed by atoms with Crippen LogP contribution in [0.25, 0.3) is 11.0 Å². The molecule has 4 rings (SSSR count). The van der Waals surface area contributed by atoms with Crippen molar-refractivity contribution in [2.75, 3.05) is 36.4 Å². The molecular formula is C20H23FN6O. The third-order valence-corrected chi connectivity index (χ3v) is 4.47. The molecule has 0 aliphatic carbocycles. The van der Waals surface area contributed by atoms with Gasteiger partial charge < -0.3 is 20.3 Å². The van der Waals surface area contributed by atoms with Crippen molar-refractivity contribution in [2.24, 2.45) is 0 Å². The van der Waals surface area contributed by atoms with Crippen LogP contribution in [0.3, 0.4) is 0 Å². The van der Waals surface area contributed by atoms with E-state index in [2.05, 4.69) is 25.5 Å². The summed E-state index contributed by atoms with van der Waals surface area (Å²) in [7, 11) is 0. The Bertz CT molecular complexity index is 974. The fourth-order valence-electron chi connectivity index (χ4n) is 3.17. The van der Waals surface area contributed by atoms with Crippen molar-refractivity contribution in [3.05, 3.63) is 42.5 Å². The average molecular weight is 382 g/mol. The van der Waals surface area contributed by atoms with E-state index in [1.807, 2.05) is 26.0 Å². The fourth-order valence-corrected chi connectivity index (χ4v) is 3.17. The number of nitrogens with one attached hydrogen (secondary N) is 2. The maximum absolute atomic E-state index is 13.7. The molecule has 1 saturated heterocycles. The molecule has 7 nitrogen and oxygen atoms in total. The molecule has 0 unspecified atom stereocenters.